The Labute approximate surface area is 181 Å². The molecule has 0 bridgehead atoms. The number of halogens is 3. The molecule has 0 aliphatic heterocycles. The quantitative estimate of drug-likeness (QED) is 0.562. The number of nitrogens with one attached hydrogen (secondary N) is 1. The average molecular weight is 457 g/mol. The number of nitrogens with zero attached hydrogens (tertiary/aromatic N) is 3. The van der Waals surface area contributed by atoms with Crippen LogP contribution in [0.25, 0.3) is 0 Å². The fourth-order valence-electron chi connectivity index (χ4n) is 2.70. The number of aromatic nitrogens is 3. The van der Waals surface area contributed by atoms with Crippen molar-refractivity contribution in [2.45, 2.75) is 51.4 Å². The molecule has 0 amide bonds. The molecule has 176 valence electrons. The molecule has 1 heterocycles. The van der Waals surface area contributed by atoms with Gasteiger partial charge >= 0.3 is 11.9 Å². The SMILES string of the molecule is Cn1c(=O)c(NCCc2ccc(OC(C)(C)C(=O)[O-])cc2)nn(CCCC(F)(F)F)c1=O. The van der Waals surface area contributed by atoms with Crippen molar-refractivity contribution >= 4 is 11.8 Å². The number of alkyl halides is 3. The summed E-state index contributed by atoms with van der Waals surface area (Å²) >= 11 is 0. The van der Waals surface area contributed by atoms with E-state index in [1.807, 2.05) is 0 Å². The Hall–Kier alpha value is -3.31. The first kappa shape index (κ1) is 25.0. The predicted molar refractivity (Wildman–Crippen MR) is 107 cm³/mol. The van der Waals surface area contributed by atoms with E-state index >= 15 is 0 Å². The van der Waals surface area contributed by atoms with Crippen LogP contribution in [0, 0.1) is 0 Å². The van der Waals surface area contributed by atoms with Crippen molar-refractivity contribution < 1.29 is 27.8 Å². The molecule has 0 fully saturated rings. The summed E-state index contributed by atoms with van der Waals surface area (Å²) in [5.41, 5.74) is -2.13. The zero-order valence-electron chi connectivity index (χ0n) is 17.9. The number of rotatable bonds is 10. The second kappa shape index (κ2) is 9.88. The fourth-order valence-corrected chi connectivity index (χ4v) is 2.70. The minimum atomic E-state index is -4.34. The van der Waals surface area contributed by atoms with Gasteiger partial charge in [0.25, 0.3) is 5.56 Å². The number of aryl methyl sites for hydroxylation is 1. The van der Waals surface area contributed by atoms with E-state index in [1.165, 1.54) is 20.9 Å². The van der Waals surface area contributed by atoms with Gasteiger partial charge in [0.2, 0.25) is 5.82 Å². The maximum atomic E-state index is 12.3. The maximum Gasteiger partial charge on any atom is 0.389 e. The molecule has 0 aliphatic rings. The molecule has 0 spiro atoms. The van der Waals surface area contributed by atoms with Crippen molar-refractivity contribution in [1.29, 1.82) is 0 Å². The van der Waals surface area contributed by atoms with Crippen LogP contribution in [0.15, 0.2) is 33.9 Å². The van der Waals surface area contributed by atoms with E-state index < -0.39 is 35.4 Å². The van der Waals surface area contributed by atoms with Crippen molar-refractivity contribution in [2.24, 2.45) is 7.05 Å². The molecule has 1 N–H and O–H groups in total. The minimum absolute atomic E-state index is 0.144. The first-order valence-electron chi connectivity index (χ1n) is 9.78. The molecule has 0 atom stereocenters. The van der Waals surface area contributed by atoms with Crippen LogP contribution in [0.1, 0.15) is 32.3 Å². The highest BCUT2D eigenvalue weighted by Gasteiger charge is 2.26. The summed E-state index contributed by atoms with van der Waals surface area (Å²) in [5.74, 6) is -1.15. The largest absolute Gasteiger partial charge is 0.546 e. The smallest absolute Gasteiger partial charge is 0.389 e. The van der Waals surface area contributed by atoms with Gasteiger partial charge in [-0.2, -0.15) is 13.2 Å². The Bertz CT molecular complexity index is 1060. The molecule has 2 rings (SSSR count). The highest BCUT2D eigenvalue weighted by molar-refractivity contribution is 5.74. The molecule has 32 heavy (non-hydrogen) atoms. The van der Waals surface area contributed by atoms with Gasteiger partial charge in [-0.05, 0) is 44.4 Å². The lowest BCUT2D eigenvalue weighted by Gasteiger charge is -2.27. The third kappa shape index (κ3) is 6.86. The summed E-state index contributed by atoms with van der Waals surface area (Å²) in [4.78, 5) is 35.3. The van der Waals surface area contributed by atoms with E-state index in [0.717, 1.165) is 14.8 Å². The molecular weight excluding hydrogens is 433 g/mol. The zero-order chi connectivity index (χ0) is 24.1. The number of carbonyl (C=O) groups excluding carboxylic acids is 1. The standard InChI is InChI=1S/C20H25F3N4O5/c1-19(2,17(29)30)32-14-7-5-13(6-8-14)9-11-24-15-16(28)26(3)18(31)27(25-15)12-4-10-20(21,22)23/h5-8H,4,9-12H2,1-3H3,(H,24,25)(H,29,30)/p-1. The summed E-state index contributed by atoms with van der Waals surface area (Å²) in [6.07, 6.45) is -5.29. The van der Waals surface area contributed by atoms with Gasteiger partial charge in [-0.3, -0.25) is 9.36 Å². The van der Waals surface area contributed by atoms with Crippen LogP contribution < -0.4 is 26.4 Å². The summed E-state index contributed by atoms with van der Waals surface area (Å²) < 4.78 is 44.0. The van der Waals surface area contributed by atoms with Crippen LogP contribution in [0.3, 0.4) is 0 Å². The molecule has 0 saturated carbocycles. The molecule has 0 radical (unpaired) electrons. The van der Waals surface area contributed by atoms with E-state index in [-0.39, 0.29) is 25.3 Å². The number of carboxylic acid groups (broad SMARTS) is 1. The van der Waals surface area contributed by atoms with Crippen molar-refractivity contribution in [3.8, 4) is 5.75 Å². The van der Waals surface area contributed by atoms with E-state index in [0.29, 0.717) is 12.2 Å². The normalized spacial score (nSPS) is 11.9. The van der Waals surface area contributed by atoms with Gasteiger partial charge in [0.15, 0.2) is 0 Å². The van der Waals surface area contributed by atoms with Crippen LogP contribution in [0.5, 0.6) is 5.75 Å². The van der Waals surface area contributed by atoms with E-state index in [4.69, 9.17) is 4.74 Å². The first-order chi connectivity index (χ1) is 14.8. The Kier molecular flexibility index (Phi) is 7.70. The number of carboxylic acids is 1. The van der Waals surface area contributed by atoms with Crippen LogP contribution in [0.2, 0.25) is 0 Å². The summed E-state index contributed by atoms with van der Waals surface area (Å²) in [6, 6.07) is 6.62. The van der Waals surface area contributed by atoms with Gasteiger partial charge in [-0.15, -0.1) is 5.10 Å². The van der Waals surface area contributed by atoms with E-state index in [1.54, 1.807) is 24.3 Å². The second-order valence-electron chi connectivity index (χ2n) is 7.66. The Morgan fingerprint density at radius 1 is 1.19 bits per heavy atom. The topological polar surface area (TPSA) is 118 Å². The second-order valence-corrected chi connectivity index (χ2v) is 7.66. The Morgan fingerprint density at radius 3 is 2.38 bits per heavy atom. The third-order valence-electron chi connectivity index (χ3n) is 4.56. The summed E-state index contributed by atoms with van der Waals surface area (Å²) in [5, 5.41) is 17.7. The van der Waals surface area contributed by atoms with E-state index in [2.05, 4.69) is 10.4 Å². The molecule has 1 aromatic heterocycles. The van der Waals surface area contributed by atoms with Gasteiger partial charge in [-0.1, -0.05) is 12.1 Å². The third-order valence-corrected chi connectivity index (χ3v) is 4.56. The maximum absolute atomic E-state index is 12.3. The molecule has 12 heteroatoms. The highest BCUT2D eigenvalue weighted by Crippen LogP contribution is 2.21. The number of anilines is 1. The molecule has 0 aliphatic carbocycles. The average Bonchev–Trinajstić information content (AvgIpc) is 2.69. The molecular formula is C20H24F3N4O5-. The number of aliphatic carboxylic acids is 1. The molecule has 9 nitrogen and oxygen atoms in total. The molecule has 0 saturated heterocycles. The van der Waals surface area contributed by atoms with Crippen molar-refractivity contribution in [1.82, 2.24) is 14.3 Å². The zero-order valence-corrected chi connectivity index (χ0v) is 17.9. The van der Waals surface area contributed by atoms with Crippen LogP contribution >= 0.6 is 0 Å². The molecule has 0 unspecified atom stereocenters. The monoisotopic (exact) mass is 457 g/mol. The lowest BCUT2D eigenvalue weighted by Crippen LogP contribution is -2.47. The van der Waals surface area contributed by atoms with Gasteiger partial charge in [0.05, 0.1) is 5.97 Å². The van der Waals surface area contributed by atoms with Crippen molar-refractivity contribution in [3.05, 3.63) is 50.7 Å². The first-order valence-corrected chi connectivity index (χ1v) is 9.78. The van der Waals surface area contributed by atoms with Gasteiger partial charge in [0, 0.05) is 26.6 Å². The molecule has 1 aromatic carbocycles. The number of hydrogen-bond donors (Lipinski definition) is 1. The van der Waals surface area contributed by atoms with Gasteiger partial charge in [-0.25, -0.2) is 9.48 Å². The molecule has 2 aromatic rings. The highest BCUT2D eigenvalue weighted by atomic mass is 19.4. The number of benzene rings is 1. The van der Waals surface area contributed by atoms with Crippen molar-refractivity contribution in [3.63, 3.8) is 0 Å². The number of hydrogen-bond acceptors (Lipinski definition) is 7. The van der Waals surface area contributed by atoms with Crippen LogP contribution in [-0.2, 0) is 24.8 Å². The van der Waals surface area contributed by atoms with Crippen molar-refractivity contribution in [2.75, 3.05) is 11.9 Å². The number of carbonyl (C=O) groups is 1. The van der Waals surface area contributed by atoms with Gasteiger partial charge in [0.1, 0.15) is 11.4 Å². The van der Waals surface area contributed by atoms with E-state index in [9.17, 15) is 32.7 Å². The Morgan fingerprint density at radius 2 is 1.81 bits per heavy atom. The fraction of sp³-hybridized carbons (Fsp3) is 0.500. The summed E-state index contributed by atoms with van der Waals surface area (Å²) in [7, 11) is 1.23. The number of ether oxygens (including phenoxy) is 1. The van der Waals surface area contributed by atoms with Crippen LogP contribution in [0.4, 0.5) is 19.0 Å². The predicted octanol–water partition coefficient (Wildman–Crippen LogP) is 0.846. The Balaban J connectivity index is 2.01. The lowest BCUT2D eigenvalue weighted by molar-refractivity contribution is -0.320. The van der Waals surface area contributed by atoms with Gasteiger partial charge < -0.3 is 20.0 Å². The summed E-state index contributed by atoms with van der Waals surface area (Å²) in [6.45, 7) is 2.73. The minimum Gasteiger partial charge on any atom is -0.546 e. The lowest BCUT2D eigenvalue weighted by atomic mass is 10.1. The van der Waals surface area contributed by atoms with Crippen LogP contribution in [-0.4, -0.2) is 38.6 Å².